The van der Waals surface area contributed by atoms with Crippen LogP contribution < -0.4 is 0 Å². The van der Waals surface area contributed by atoms with E-state index in [9.17, 15) is 0 Å². The summed E-state index contributed by atoms with van der Waals surface area (Å²) in [5, 5.41) is 4.94. The van der Waals surface area contributed by atoms with Gasteiger partial charge in [-0.15, -0.1) is 0 Å². The van der Waals surface area contributed by atoms with E-state index in [1.165, 1.54) is 11.1 Å². The third-order valence-electron chi connectivity index (χ3n) is 2.58. The molecule has 0 amide bonds. The van der Waals surface area contributed by atoms with Crippen LogP contribution in [0.1, 0.15) is 11.1 Å². The lowest BCUT2D eigenvalue weighted by Crippen LogP contribution is -2.16. The molecule has 0 aliphatic rings. The van der Waals surface area contributed by atoms with Crippen LogP contribution in [0.5, 0.6) is 0 Å². The summed E-state index contributed by atoms with van der Waals surface area (Å²) >= 11 is 5.86. The van der Waals surface area contributed by atoms with Gasteiger partial charge in [0.05, 0.1) is 6.20 Å². The molecule has 0 N–H and O–H groups in total. The van der Waals surface area contributed by atoms with Crippen molar-refractivity contribution >= 4 is 11.6 Å². The quantitative estimate of drug-likeness (QED) is 0.831. The first-order chi connectivity index (χ1) is 8.13. The van der Waals surface area contributed by atoms with E-state index in [-0.39, 0.29) is 0 Å². The largest absolute Gasteiger partial charge is 0.298 e. The molecule has 17 heavy (non-hydrogen) atoms. The Morgan fingerprint density at radius 3 is 2.41 bits per heavy atom. The van der Waals surface area contributed by atoms with Gasteiger partial charge in [-0.1, -0.05) is 23.7 Å². The third-order valence-corrected chi connectivity index (χ3v) is 2.83. The Labute approximate surface area is 107 Å². The highest BCUT2D eigenvalue weighted by molar-refractivity contribution is 6.30. The van der Waals surface area contributed by atoms with Crippen LogP contribution in [0.3, 0.4) is 0 Å². The number of hydrogen-bond acceptors (Lipinski definition) is 2. The molecule has 2 aromatic rings. The minimum atomic E-state index is 0.781. The van der Waals surface area contributed by atoms with Crippen LogP contribution in [-0.2, 0) is 20.1 Å². The Bertz CT molecular complexity index is 476. The zero-order chi connectivity index (χ0) is 12.3. The second-order valence-electron chi connectivity index (χ2n) is 4.32. The van der Waals surface area contributed by atoms with E-state index in [0.29, 0.717) is 0 Å². The van der Waals surface area contributed by atoms with Gasteiger partial charge in [0, 0.05) is 36.9 Å². The molecule has 1 aromatic carbocycles. The minimum absolute atomic E-state index is 0.781. The number of aryl methyl sites for hydroxylation is 1. The van der Waals surface area contributed by atoms with Crippen molar-refractivity contribution in [2.75, 3.05) is 7.05 Å². The lowest BCUT2D eigenvalue weighted by molar-refractivity contribution is 0.319. The van der Waals surface area contributed by atoms with Gasteiger partial charge in [0.1, 0.15) is 0 Å². The molecule has 3 nitrogen and oxygen atoms in total. The second-order valence-corrected chi connectivity index (χ2v) is 4.76. The summed E-state index contributed by atoms with van der Waals surface area (Å²) in [4.78, 5) is 2.25. The Morgan fingerprint density at radius 1 is 1.18 bits per heavy atom. The number of halogens is 1. The van der Waals surface area contributed by atoms with E-state index in [1.54, 1.807) is 0 Å². The summed E-state index contributed by atoms with van der Waals surface area (Å²) in [5.74, 6) is 0. The van der Waals surface area contributed by atoms with Gasteiger partial charge in [0.2, 0.25) is 0 Å². The molecule has 1 aromatic heterocycles. The van der Waals surface area contributed by atoms with Gasteiger partial charge in [-0.05, 0) is 24.7 Å². The molecule has 2 rings (SSSR count). The van der Waals surface area contributed by atoms with Crippen molar-refractivity contribution in [1.29, 1.82) is 0 Å². The molecule has 0 atom stereocenters. The van der Waals surface area contributed by atoms with Crippen molar-refractivity contribution in [2.45, 2.75) is 13.1 Å². The Balaban J connectivity index is 1.93. The van der Waals surface area contributed by atoms with Gasteiger partial charge >= 0.3 is 0 Å². The van der Waals surface area contributed by atoms with Gasteiger partial charge in [0.25, 0.3) is 0 Å². The van der Waals surface area contributed by atoms with Gasteiger partial charge < -0.3 is 0 Å². The van der Waals surface area contributed by atoms with Crippen molar-refractivity contribution in [1.82, 2.24) is 14.7 Å². The van der Waals surface area contributed by atoms with E-state index in [4.69, 9.17) is 11.6 Å². The predicted molar refractivity (Wildman–Crippen MR) is 69.8 cm³/mol. The number of aromatic nitrogens is 2. The maximum Gasteiger partial charge on any atom is 0.0534 e. The minimum Gasteiger partial charge on any atom is -0.298 e. The Morgan fingerprint density at radius 2 is 1.82 bits per heavy atom. The van der Waals surface area contributed by atoms with Gasteiger partial charge in [-0.25, -0.2) is 0 Å². The van der Waals surface area contributed by atoms with Crippen LogP contribution in [0.4, 0.5) is 0 Å². The molecule has 90 valence electrons. The summed E-state index contributed by atoms with van der Waals surface area (Å²) in [6.07, 6.45) is 3.94. The van der Waals surface area contributed by atoms with Gasteiger partial charge in [-0.3, -0.25) is 9.58 Å². The molecular weight excluding hydrogens is 234 g/mol. The van der Waals surface area contributed by atoms with E-state index < -0.39 is 0 Å². The maximum absolute atomic E-state index is 5.86. The standard InChI is InChI=1S/C13H16ClN3/c1-16(9-12-7-15-17(2)10-12)8-11-3-5-13(14)6-4-11/h3-7,10H,8-9H2,1-2H3. The molecule has 0 radical (unpaired) electrons. The number of rotatable bonds is 4. The highest BCUT2D eigenvalue weighted by atomic mass is 35.5. The second kappa shape index (κ2) is 5.34. The summed E-state index contributed by atoms with van der Waals surface area (Å²) in [6.45, 7) is 1.81. The molecule has 4 heteroatoms. The summed E-state index contributed by atoms with van der Waals surface area (Å²) < 4.78 is 1.82. The molecule has 0 bridgehead atoms. The first kappa shape index (κ1) is 12.1. The maximum atomic E-state index is 5.86. The van der Waals surface area contributed by atoms with Gasteiger partial charge in [0.15, 0.2) is 0 Å². The average Bonchev–Trinajstić information content (AvgIpc) is 2.67. The van der Waals surface area contributed by atoms with Crippen LogP contribution in [-0.4, -0.2) is 21.7 Å². The zero-order valence-electron chi connectivity index (χ0n) is 10.1. The number of nitrogens with zero attached hydrogens (tertiary/aromatic N) is 3. The van der Waals surface area contributed by atoms with Crippen LogP contribution in [0.25, 0.3) is 0 Å². The normalized spacial score (nSPS) is 11.1. The van der Waals surface area contributed by atoms with Crippen LogP contribution in [0, 0.1) is 0 Å². The molecule has 0 aliphatic heterocycles. The predicted octanol–water partition coefficient (Wildman–Crippen LogP) is 2.71. The SMILES string of the molecule is CN(Cc1ccc(Cl)cc1)Cc1cnn(C)c1. The molecule has 0 saturated carbocycles. The fourth-order valence-electron chi connectivity index (χ4n) is 1.82. The van der Waals surface area contributed by atoms with E-state index >= 15 is 0 Å². The monoisotopic (exact) mass is 249 g/mol. The number of hydrogen-bond donors (Lipinski definition) is 0. The Kier molecular flexibility index (Phi) is 3.82. The molecular formula is C13H16ClN3. The first-order valence-electron chi connectivity index (χ1n) is 5.54. The highest BCUT2D eigenvalue weighted by Gasteiger charge is 2.03. The molecule has 0 aliphatic carbocycles. The van der Waals surface area contributed by atoms with Gasteiger partial charge in [-0.2, -0.15) is 5.10 Å². The lowest BCUT2D eigenvalue weighted by Gasteiger charge is -2.15. The molecule has 0 fully saturated rings. The van der Waals surface area contributed by atoms with Crippen LogP contribution >= 0.6 is 11.6 Å². The van der Waals surface area contributed by atoms with Crippen molar-refractivity contribution in [3.8, 4) is 0 Å². The fourth-order valence-corrected chi connectivity index (χ4v) is 1.95. The molecule has 0 saturated heterocycles. The first-order valence-corrected chi connectivity index (χ1v) is 5.92. The van der Waals surface area contributed by atoms with Crippen molar-refractivity contribution in [2.24, 2.45) is 7.05 Å². The topological polar surface area (TPSA) is 21.1 Å². The summed E-state index contributed by atoms with van der Waals surface area (Å²) in [7, 11) is 4.03. The average molecular weight is 250 g/mol. The van der Waals surface area contributed by atoms with Crippen LogP contribution in [0.2, 0.25) is 5.02 Å². The van der Waals surface area contributed by atoms with E-state index in [1.807, 2.05) is 36.3 Å². The highest BCUT2D eigenvalue weighted by Crippen LogP contribution is 2.12. The third kappa shape index (κ3) is 3.58. The van der Waals surface area contributed by atoms with E-state index in [0.717, 1.165) is 18.1 Å². The number of benzene rings is 1. The van der Waals surface area contributed by atoms with Crippen molar-refractivity contribution in [3.63, 3.8) is 0 Å². The molecule has 0 spiro atoms. The molecule has 1 heterocycles. The fraction of sp³-hybridized carbons (Fsp3) is 0.308. The molecule has 0 unspecified atom stereocenters. The van der Waals surface area contributed by atoms with Crippen molar-refractivity contribution < 1.29 is 0 Å². The summed E-state index contributed by atoms with van der Waals surface area (Å²) in [6, 6.07) is 7.97. The Hall–Kier alpha value is -1.32. The zero-order valence-corrected chi connectivity index (χ0v) is 10.9. The summed E-state index contributed by atoms with van der Waals surface area (Å²) in [5.41, 5.74) is 2.49. The van der Waals surface area contributed by atoms with Crippen LogP contribution in [0.15, 0.2) is 36.7 Å². The lowest BCUT2D eigenvalue weighted by atomic mass is 10.2. The van der Waals surface area contributed by atoms with E-state index in [2.05, 4.69) is 29.2 Å². The van der Waals surface area contributed by atoms with Crippen molar-refractivity contribution in [3.05, 3.63) is 52.8 Å². The smallest absolute Gasteiger partial charge is 0.0534 e.